The summed E-state index contributed by atoms with van der Waals surface area (Å²) in [5.74, 6) is 1.66. The standard InChI is InChI=1S/C19H23N5O2S/c25-8-5-20-19-21-11-14-16(23-19)15-12-3-1-2-4-13(12)22-18(17(15)27-14)24-6-9-26-10-7-24/h11,25H,1-10H2,(H,20,21,23). The van der Waals surface area contributed by atoms with Crippen LogP contribution in [0.25, 0.3) is 20.3 Å². The van der Waals surface area contributed by atoms with Gasteiger partial charge in [0, 0.05) is 30.7 Å². The van der Waals surface area contributed by atoms with Crippen LogP contribution in [0, 0.1) is 0 Å². The molecule has 0 aromatic carbocycles. The minimum atomic E-state index is 0.0618. The normalized spacial score (nSPS) is 17.4. The number of nitrogens with one attached hydrogen (secondary N) is 1. The molecule has 0 saturated carbocycles. The summed E-state index contributed by atoms with van der Waals surface area (Å²) in [4.78, 5) is 16.7. The van der Waals surface area contributed by atoms with E-state index in [1.54, 1.807) is 11.3 Å². The van der Waals surface area contributed by atoms with Crippen LogP contribution in [-0.2, 0) is 17.6 Å². The Bertz CT molecular complexity index is 983. The Morgan fingerprint density at radius 3 is 2.89 bits per heavy atom. The number of fused-ring (bicyclic) bond motifs is 5. The molecule has 27 heavy (non-hydrogen) atoms. The first-order valence-electron chi connectivity index (χ1n) is 9.63. The summed E-state index contributed by atoms with van der Waals surface area (Å²) in [5.41, 5.74) is 3.62. The zero-order valence-corrected chi connectivity index (χ0v) is 16.0. The number of ether oxygens (including phenoxy) is 1. The summed E-state index contributed by atoms with van der Waals surface area (Å²) in [6.07, 6.45) is 6.41. The zero-order valence-electron chi connectivity index (χ0n) is 15.2. The fourth-order valence-corrected chi connectivity index (χ4v) is 5.19. The van der Waals surface area contributed by atoms with Crippen LogP contribution in [0.15, 0.2) is 6.20 Å². The Balaban J connectivity index is 1.73. The minimum Gasteiger partial charge on any atom is -0.395 e. The van der Waals surface area contributed by atoms with Gasteiger partial charge in [0.15, 0.2) is 0 Å². The topological polar surface area (TPSA) is 83.4 Å². The molecule has 3 aromatic rings. The van der Waals surface area contributed by atoms with Crippen LogP contribution < -0.4 is 10.2 Å². The van der Waals surface area contributed by atoms with Gasteiger partial charge < -0.3 is 20.1 Å². The van der Waals surface area contributed by atoms with Gasteiger partial charge in [-0.3, -0.25) is 0 Å². The van der Waals surface area contributed by atoms with Gasteiger partial charge in [-0.05, 0) is 31.2 Å². The minimum absolute atomic E-state index is 0.0618. The van der Waals surface area contributed by atoms with Gasteiger partial charge in [0.25, 0.3) is 0 Å². The highest BCUT2D eigenvalue weighted by Crippen LogP contribution is 2.42. The van der Waals surface area contributed by atoms with Gasteiger partial charge in [-0.2, -0.15) is 0 Å². The molecule has 0 radical (unpaired) electrons. The zero-order chi connectivity index (χ0) is 18.2. The predicted molar refractivity (Wildman–Crippen MR) is 108 cm³/mol. The molecular formula is C19H23N5O2S. The highest BCUT2D eigenvalue weighted by Gasteiger charge is 2.25. The molecule has 1 aliphatic heterocycles. The number of aryl methyl sites for hydroxylation is 2. The first-order valence-corrected chi connectivity index (χ1v) is 10.4. The van der Waals surface area contributed by atoms with Crippen molar-refractivity contribution >= 4 is 43.4 Å². The largest absolute Gasteiger partial charge is 0.395 e. The van der Waals surface area contributed by atoms with Crippen LogP contribution >= 0.6 is 11.3 Å². The Kier molecular flexibility index (Phi) is 4.55. The molecule has 2 aliphatic rings. The van der Waals surface area contributed by atoms with Gasteiger partial charge in [-0.25, -0.2) is 15.0 Å². The average molecular weight is 385 g/mol. The maximum atomic E-state index is 9.07. The van der Waals surface area contributed by atoms with Gasteiger partial charge in [-0.15, -0.1) is 11.3 Å². The summed E-state index contributed by atoms with van der Waals surface area (Å²) in [6.45, 7) is 3.77. The highest BCUT2D eigenvalue weighted by molar-refractivity contribution is 7.26. The van der Waals surface area contributed by atoms with Crippen LogP contribution in [-0.4, -0.2) is 59.5 Å². The molecule has 4 heterocycles. The van der Waals surface area contributed by atoms with E-state index in [1.807, 2.05) is 6.20 Å². The Labute approximate surface area is 161 Å². The number of anilines is 2. The number of morpholine rings is 1. The molecule has 8 heteroatoms. The summed E-state index contributed by atoms with van der Waals surface area (Å²) < 4.78 is 7.86. The van der Waals surface area contributed by atoms with Gasteiger partial charge >= 0.3 is 0 Å². The van der Waals surface area contributed by atoms with Crippen LogP contribution in [0.2, 0.25) is 0 Å². The molecule has 142 valence electrons. The molecule has 0 bridgehead atoms. The molecule has 0 amide bonds. The van der Waals surface area contributed by atoms with Crippen molar-refractivity contribution in [3.8, 4) is 0 Å². The summed E-state index contributed by atoms with van der Waals surface area (Å²) >= 11 is 1.74. The Morgan fingerprint density at radius 2 is 2.04 bits per heavy atom. The van der Waals surface area contributed by atoms with Crippen LogP contribution in [0.5, 0.6) is 0 Å². The Morgan fingerprint density at radius 1 is 1.19 bits per heavy atom. The third kappa shape index (κ3) is 3.01. The highest BCUT2D eigenvalue weighted by atomic mass is 32.1. The number of rotatable bonds is 4. The monoisotopic (exact) mass is 385 g/mol. The van der Waals surface area contributed by atoms with Crippen molar-refractivity contribution in [2.24, 2.45) is 0 Å². The predicted octanol–water partition coefficient (Wildman–Crippen LogP) is 2.36. The fraction of sp³-hybridized carbons (Fsp3) is 0.526. The summed E-state index contributed by atoms with van der Waals surface area (Å²) in [7, 11) is 0. The number of nitrogens with zero attached hydrogens (tertiary/aromatic N) is 4. The van der Waals surface area contributed by atoms with Crippen molar-refractivity contribution in [1.82, 2.24) is 15.0 Å². The number of hydrogen-bond acceptors (Lipinski definition) is 8. The third-order valence-corrected chi connectivity index (χ3v) is 6.43. The Hall–Kier alpha value is -2.03. The molecule has 1 saturated heterocycles. The van der Waals surface area contributed by atoms with Crippen LogP contribution in [0.4, 0.5) is 11.8 Å². The molecule has 0 atom stereocenters. The van der Waals surface area contributed by atoms with Gasteiger partial charge in [0.1, 0.15) is 5.82 Å². The van der Waals surface area contributed by atoms with Crippen molar-refractivity contribution < 1.29 is 9.84 Å². The maximum Gasteiger partial charge on any atom is 0.223 e. The van der Waals surface area contributed by atoms with Crippen molar-refractivity contribution in [3.63, 3.8) is 0 Å². The second-order valence-corrected chi connectivity index (χ2v) is 8.08. The van der Waals surface area contributed by atoms with E-state index in [0.717, 1.165) is 55.2 Å². The fourth-order valence-electron chi connectivity index (χ4n) is 4.03. The molecule has 2 N–H and O–H groups in total. The third-order valence-electron chi connectivity index (χ3n) is 5.32. The van der Waals surface area contributed by atoms with E-state index in [9.17, 15) is 0 Å². The molecule has 0 spiro atoms. The van der Waals surface area contributed by atoms with Crippen molar-refractivity contribution in [2.45, 2.75) is 25.7 Å². The van der Waals surface area contributed by atoms with E-state index in [2.05, 4.69) is 15.2 Å². The molecule has 1 fully saturated rings. The second-order valence-electron chi connectivity index (χ2n) is 7.03. The first kappa shape index (κ1) is 17.1. The lowest BCUT2D eigenvalue weighted by Gasteiger charge is -2.29. The van der Waals surface area contributed by atoms with E-state index >= 15 is 0 Å². The number of hydrogen-bond donors (Lipinski definition) is 2. The first-order chi connectivity index (χ1) is 13.3. The van der Waals surface area contributed by atoms with Crippen LogP contribution in [0.3, 0.4) is 0 Å². The summed E-state index contributed by atoms with van der Waals surface area (Å²) in [5, 5.41) is 13.4. The van der Waals surface area contributed by atoms with Crippen molar-refractivity contribution in [1.29, 1.82) is 0 Å². The number of aromatic nitrogens is 3. The SMILES string of the molecule is OCCNc1ncc2sc3c(N4CCOCC4)nc4c(c3c2n1)CCCC4. The lowest BCUT2D eigenvalue weighted by Crippen LogP contribution is -2.37. The average Bonchev–Trinajstić information content (AvgIpc) is 3.11. The van der Waals surface area contributed by atoms with Gasteiger partial charge in [0.05, 0.1) is 40.9 Å². The molecule has 0 unspecified atom stereocenters. The van der Waals surface area contributed by atoms with Gasteiger partial charge in [0.2, 0.25) is 5.95 Å². The van der Waals surface area contributed by atoms with E-state index in [0.29, 0.717) is 12.5 Å². The van der Waals surface area contributed by atoms with Crippen LogP contribution in [0.1, 0.15) is 24.1 Å². The van der Waals surface area contributed by atoms with Crippen molar-refractivity contribution in [2.75, 3.05) is 49.7 Å². The van der Waals surface area contributed by atoms with E-state index in [1.165, 1.54) is 34.2 Å². The lowest BCUT2D eigenvalue weighted by atomic mass is 9.93. The van der Waals surface area contributed by atoms with E-state index < -0.39 is 0 Å². The quantitative estimate of drug-likeness (QED) is 0.713. The number of aliphatic hydroxyl groups is 1. The molecule has 5 rings (SSSR count). The maximum absolute atomic E-state index is 9.07. The molecule has 1 aliphatic carbocycles. The van der Waals surface area contributed by atoms with E-state index in [-0.39, 0.29) is 6.61 Å². The van der Waals surface area contributed by atoms with E-state index in [4.69, 9.17) is 19.8 Å². The van der Waals surface area contributed by atoms with Crippen molar-refractivity contribution in [3.05, 3.63) is 17.5 Å². The molecular weight excluding hydrogens is 362 g/mol. The summed E-state index contributed by atoms with van der Waals surface area (Å²) in [6, 6.07) is 0. The number of aliphatic hydroxyl groups excluding tert-OH is 1. The second kappa shape index (κ2) is 7.18. The lowest BCUT2D eigenvalue weighted by molar-refractivity contribution is 0.122. The smallest absolute Gasteiger partial charge is 0.223 e. The molecule has 7 nitrogen and oxygen atoms in total. The molecule has 3 aromatic heterocycles. The van der Waals surface area contributed by atoms with Gasteiger partial charge in [-0.1, -0.05) is 0 Å². The number of pyridine rings is 1. The number of thiophene rings is 1.